The van der Waals surface area contributed by atoms with Crippen LogP contribution in [0.4, 0.5) is 0 Å². The van der Waals surface area contributed by atoms with E-state index in [1.165, 1.54) is 0 Å². The summed E-state index contributed by atoms with van der Waals surface area (Å²) in [4.78, 5) is 20.1. The molecule has 8 heteroatoms. The van der Waals surface area contributed by atoms with Crippen LogP contribution in [0.2, 0.25) is 0 Å². The van der Waals surface area contributed by atoms with Crippen LogP contribution in [0.1, 0.15) is 23.4 Å². The van der Waals surface area contributed by atoms with E-state index in [0.29, 0.717) is 32.6 Å². The fourth-order valence-corrected chi connectivity index (χ4v) is 6.20. The first kappa shape index (κ1) is 18.6. The highest BCUT2D eigenvalue weighted by Crippen LogP contribution is 2.32. The maximum Gasteiger partial charge on any atom is 0.227 e. The average molecular weight is 406 g/mol. The number of piperazine rings is 1. The van der Waals surface area contributed by atoms with Crippen molar-refractivity contribution in [2.24, 2.45) is 0 Å². The predicted octanol–water partition coefficient (Wildman–Crippen LogP) is 2.30. The number of rotatable bonds is 5. The Balaban J connectivity index is 1.38. The zero-order valence-electron chi connectivity index (χ0n) is 15.3. The molecule has 144 valence electrons. The van der Waals surface area contributed by atoms with Crippen LogP contribution in [0.3, 0.4) is 0 Å². The maximum absolute atomic E-state index is 12.7. The Bertz CT molecular complexity index is 928. The largest absolute Gasteiger partial charge is 0.340 e. The topological polar surface area (TPSA) is 70.6 Å². The Morgan fingerprint density at radius 3 is 2.44 bits per heavy atom. The Kier molecular flexibility index (Phi) is 5.05. The van der Waals surface area contributed by atoms with Crippen LogP contribution in [-0.2, 0) is 21.2 Å². The highest BCUT2D eigenvalue weighted by Gasteiger charge is 2.41. The van der Waals surface area contributed by atoms with Gasteiger partial charge >= 0.3 is 0 Å². The summed E-state index contributed by atoms with van der Waals surface area (Å²) in [6.07, 6.45) is 1.87. The lowest BCUT2D eigenvalue weighted by Crippen LogP contribution is -2.51. The molecule has 2 aliphatic rings. The molecule has 0 bridgehead atoms. The van der Waals surface area contributed by atoms with Crippen LogP contribution < -0.4 is 0 Å². The number of hydrogen-bond acceptors (Lipinski definition) is 5. The third-order valence-corrected chi connectivity index (χ3v) is 8.73. The molecule has 1 aliphatic carbocycles. The Morgan fingerprint density at radius 1 is 1.15 bits per heavy atom. The molecule has 2 aromatic rings. The number of nitrogens with zero attached hydrogens (tertiary/aromatic N) is 3. The number of benzene rings is 1. The molecule has 1 aliphatic heterocycles. The second kappa shape index (κ2) is 7.33. The molecule has 1 amide bonds. The second-order valence-electron chi connectivity index (χ2n) is 7.09. The van der Waals surface area contributed by atoms with Crippen LogP contribution >= 0.6 is 11.3 Å². The lowest BCUT2D eigenvalue weighted by molar-refractivity contribution is -0.131. The van der Waals surface area contributed by atoms with Crippen LogP contribution in [0.25, 0.3) is 10.6 Å². The fraction of sp³-hybridized carbons (Fsp3) is 0.474. The highest BCUT2D eigenvalue weighted by molar-refractivity contribution is 7.90. The molecular weight excluding hydrogens is 382 g/mol. The van der Waals surface area contributed by atoms with Crippen LogP contribution in [0, 0.1) is 6.92 Å². The molecule has 2 fully saturated rings. The first-order valence-electron chi connectivity index (χ1n) is 9.23. The van der Waals surface area contributed by atoms with Crippen molar-refractivity contribution in [1.29, 1.82) is 0 Å². The molecule has 27 heavy (non-hydrogen) atoms. The zero-order valence-corrected chi connectivity index (χ0v) is 16.9. The Morgan fingerprint density at radius 2 is 1.81 bits per heavy atom. The van der Waals surface area contributed by atoms with Gasteiger partial charge in [-0.15, -0.1) is 11.3 Å². The molecule has 0 atom stereocenters. The zero-order chi connectivity index (χ0) is 19.0. The van der Waals surface area contributed by atoms with E-state index >= 15 is 0 Å². The molecule has 1 aromatic carbocycles. The molecule has 1 saturated heterocycles. The van der Waals surface area contributed by atoms with Gasteiger partial charge in [0.25, 0.3) is 0 Å². The summed E-state index contributed by atoms with van der Waals surface area (Å²) in [5, 5.41) is 0.743. The van der Waals surface area contributed by atoms with E-state index in [4.69, 9.17) is 0 Å². The summed E-state index contributed by atoms with van der Waals surface area (Å²) in [6, 6.07) is 9.96. The molecule has 6 nitrogen and oxygen atoms in total. The van der Waals surface area contributed by atoms with Gasteiger partial charge in [0.05, 0.1) is 17.4 Å². The number of aromatic nitrogens is 1. The van der Waals surface area contributed by atoms with Crippen molar-refractivity contribution < 1.29 is 13.2 Å². The summed E-state index contributed by atoms with van der Waals surface area (Å²) in [5.74, 6) is 0.0461. The standard InChI is InChI=1S/C19H23N3O3S2/c1-14-17(26-19(20-14)15-5-3-2-4-6-15)13-18(23)21-9-11-22(12-10-21)27(24,25)16-7-8-16/h2-6,16H,7-13H2,1H3. The smallest absolute Gasteiger partial charge is 0.227 e. The Hall–Kier alpha value is -1.77. The summed E-state index contributed by atoms with van der Waals surface area (Å²) < 4.78 is 26.2. The van der Waals surface area contributed by atoms with Crippen molar-refractivity contribution in [2.75, 3.05) is 26.2 Å². The van der Waals surface area contributed by atoms with Gasteiger partial charge in [-0.3, -0.25) is 4.79 Å². The number of aryl methyl sites for hydroxylation is 1. The van der Waals surface area contributed by atoms with Gasteiger partial charge in [-0.1, -0.05) is 30.3 Å². The monoisotopic (exact) mass is 405 g/mol. The van der Waals surface area contributed by atoms with Gasteiger partial charge in [0.1, 0.15) is 5.01 Å². The predicted molar refractivity (Wildman–Crippen MR) is 106 cm³/mol. The van der Waals surface area contributed by atoms with Crippen LogP contribution in [0.5, 0.6) is 0 Å². The maximum atomic E-state index is 12.7. The normalized spacial score (nSPS) is 18.6. The van der Waals surface area contributed by atoms with Gasteiger partial charge in [-0.2, -0.15) is 4.31 Å². The van der Waals surface area contributed by atoms with Gasteiger partial charge in [0.15, 0.2) is 0 Å². The highest BCUT2D eigenvalue weighted by atomic mass is 32.2. The SMILES string of the molecule is Cc1nc(-c2ccccc2)sc1CC(=O)N1CCN(S(=O)(=O)C2CC2)CC1. The van der Waals surface area contributed by atoms with E-state index in [-0.39, 0.29) is 11.2 Å². The average Bonchev–Trinajstić information content (AvgIpc) is 3.48. The number of thiazole rings is 1. The van der Waals surface area contributed by atoms with E-state index in [9.17, 15) is 13.2 Å². The van der Waals surface area contributed by atoms with Crippen molar-refractivity contribution in [2.45, 2.75) is 31.4 Å². The molecule has 4 rings (SSSR count). The fourth-order valence-electron chi connectivity index (χ4n) is 3.31. The third-order valence-electron chi connectivity index (χ3n) is 5.12. The summed E-state index contributed by atoms with van der Waals surface area (Å²) in [5.41, 5.74) is 1.95. The van der Waals surface area contributed by atoms with Gasteiger partial charge < -0.3 is 4.90 Å². The molecule has 0 radical (unpaired) electrons. The van der Waals surface area contributed by atoms with Crippen LogP contribution in [-0.4, -0.2) is 59.9 Å². The van der Waals surface area contributed by atoms with Gasteiger partial charge in [-0.05, 0) is 19.8 Å². The summed E-state index contributed by atoms with van der Waals surface area (Å²) in [6.45, 7) is 3.68. The van der Waals surface area contributed by atoms with E-state index in [1.807, 2.05) is 37.3 Å². The lowest BCUT2D eigenvalue weighted by atomic mass is 10.2. The molecule has 1 saturated carbocycles. The van der Waals surface area contributed by atoms with Crippen molar-refractivity contribution in [1.82, 2.24) is 14.2 Å². The summed E-state index contributed by atoms with van der Waals surface area (Å²) >= 11 is 1.56. The number of hydrogen-bond donors (Lipinski definition) is 0. The minimum atomic E-state index is -3.14. The third kappa shape index (κ3) is 3.93. The van der Waals surface area contributed by atoms with Gasteiger partial charge in [0.2, 0.25) is 15.9 Å². The quantitative estimate of drug-likeness (QED) is 0.765. The number of sulfonamides is 1. The van der Waals surface area contributed by atoms with Crippen LogP contribution in [0.15, 0.2) is 30.3 Å². The van der Waals surface area contributed by atoms with Gasteiger partial charge in [0, 0.05) is 36.6 Å². The van der Waals surface area contributed by atoms with Crippen molar-refractivity contribution >= 4 is 27.3 Å². The van der Waals surface area contributed by atoms with E-state index < -0.39 is 10.0 Å². The molecule has 0 unspecified atom stereocenters. The number of carbonyl (C=O) groups is 1. The Labute approximate surface area is 163 Å². The molecular formula is C19H23N3O3S2. The molecule has 0 N–H and O–H groups in total. The number of carbonyl (C=O) groups excluding carboxylic acids is 1. The summed E-state index contributed by atoms with van der Waals surface area (Å²) in [7, 11) is -3.14. The first-order chi connectivity index (χ1) is 12.9. The number of amides is 1. The minimum Gasteiger partial charge on any atom is -0.340 e. The van der Waals surface area contributed by atoms with Crippen molar-refractivity contribution in [3.8, 4) is 10.6 Å². The van der Waals surface area contributed by atoms with Crippen molar-refractivity contribution in [3.63, 3.8) is 0 Å². The van der Waals surface area contributed by atoms with E-state index in [1.54, 1.807) is 20.5 Å². The van der Waals surface area contributed by atoms with E-state index in [0.717, 1.165) is 34.0 Å². The molecule has 2 heterocycles. The second-order valence-corrected chi connectivity index (χ2v) is 10.4. The molecule has 0 spiro atoms. The first-order valence-corrected chi connectivity index (χ1v) is 11.6. The molecule has 1 aromatic heterocycles. The minimum absolute atomic E-state index is 0.0461. The van der Waals surface area contributed by atoms with E-state index in [2.05, 4.69) is 4.98 Å². The van der Waals surface area contributed by atoms with Crippen molar-refractivity contribution in [3.05, 3.63) is 40.9 Å². The van der Waals surface area contributed by atoms with Gasteiger partial charge in [-0.25, -0.2) is 13.4 Å². The lowest BCUT2D eigenvalue weighted by Gasteiger charge is -2.34.